The van der Waals surface area contributed by atoms with Gasteiger partial charge in [0.2, 0.25) is 0 Å². The van der Waals surface area contributed by atoms with Crippen molar-refractivity contribution in [2.45, 2.75) is 26.3 Å². The Morgan fingerprint density at radius 2 is 2.03 bits per heavy atom. The molecule has 1 N–H and O–H groups in total. The number of amides is 2. The summed E-state index contributed by atoms with van der Waals surface area (Å²) >= 11 is 1.56. The first-order chi connectivity index (χ1) is 17.4. The molecule has 186 valence electrons. The molecule has 3 atom stereocenters. The van der Waals surface area contributed by atoms with Gasteiger partial charge >= 0.3 is 0 Å². The minimum atomic E-state index is -0.163. The maximum atomic E-state index is 13.8. The van der Waals surface area contributed by atoms with Gasteiger partial charge < -0.3 is 19.9 Å². The van der Waals surface area contributed by atoms with Gasteiger partial charge in [0.1, 0.15) is 12.3 Å². The van der Waals surface area contributed by atoms with Crippen molar-refractivity contribution < 1.29 is 14.3 Å². The van der Waals surface area contributed by atoms with Crippen LogP contribution in [-0.4, -0.2) is 61.0 Å². The predicted octanol–water partition coefficient (Wildman–Crippen LogP) is 4.15. The number of nitrogens with one attached hydrogen (secondary N) is 1. The van der Waals surface area contributed by atoms with E-state index < -0.39 is 0 Å². The second-order valence-corrected chi connectivity index (χ2v) is 11.3. The molecule has 0 unspecified atom stereocenters. The predicted molar refractivity (Wildman–Crippen MR) is 141 cm³/mol. The van der Waals surface area contributed by atoms with Crippen molar-refractivity contribution in [3.63, 3.8) is 0 Å². The third-order valence-electron chi connectivity index (χ3n) is 7.58. The topological polar surface area (TPSA) is 74.8 Å². The third kappa shape index (κ3) is 4.03. The van der Waals surface area contributed by atoms with Crippen LogP contribution in [0.25, 0.3) is 10.4 Å². The fourth-order valence-electron chi connectivity index (χ4n) is 5.61. The number of rotatable bonds is 5. The number of hydrogen-bond donors (Lipinski definition) is 1. The van der Waals surface area contributed by atoms with Crippen LogP contribution >= 0.6 is 11.3 Å². The zero-order valence-electron chi connectivity index (χ0n) is 20.8. The van der Waals surface area contributed by atoms with Gasteiger partial charge in [-0.1, -0.05) is 35.9 Å². The van der Waals surface area contributed by atoms with E-state index in [4.69, 9.17) is 4.74 Å². The Labute approximate surface area is 215 Å². The van der Waals surface area contributed by atoms with Crippen LogP contribution in [0.4, 0.5) is 5.69 Å². The van der Waals surface area contributed by atoms with Crippen molar-refractivity contribution in [2.75, 3.05) is 38.2 Å². The number of carbonyl (C=O) groups is 2. The molecule has 3 aliphatic rings. The maximum absolute atomic E-state index is 13.8. The first-order valence-corrected chi connectivity index (χ1v) is 13.3. The lowest BCUT2D eigenvalue weighted by molar-refractivity contribution is 0.0690. The minimum absolute atomic E-state index is 0.0260. The summed E-state index contributed by atoms with van der Waals surface area (Å²) in [6.45, 7) is 6.49. The molecule has 2 amide bonds. The Morgan fingerprint density at radius 1 is 1.19 bits per heavy atom. The lowest BCUT2D eigenvalue weighted by Crippen LogP contribution is -2.46. The molecule has 2 aromatic carbocycles. The number of nitrogens with zero attached hydrogens (tertiary/aromatic N) is 3. The molecule has 0 bridgehead atoms. The van der Waals surface area contributed by atoms with Crippen LogP contribution in [0.3, 0.4) is 0 Å². The van der Waals surface area contributed by atoms with Gasteiger partial charge in [-0.2, -0.15) is 0 Å². The molecule has 1 saturated heterocycles. The Hall–Kier alpha value is -3.39. The van der Waals surface area contributed by atoms with Gasteiger partial charge in [0.15, 0.2) is 5.75 Å². The second-order valence-electron chi connectivity index (χ2n) is 10.1. The fraction of sp³-hybridized carbons (Fsp3) is 0.393. The summed E-state index contributed by atoms with van der Waals surface area (Å²) in [6, 6.07) is 13.8. The van der Waals surface area contributed by atoms with E-state index in [9.17, 15) is 9.59 Å². The van der Waals surface area contributed by atoms with Crippen molar-refractivity contribution in [1.82, 2.24) is 15.2 Å². The molecule has 0 radical (unpaired) electrons. The van der Waals surface area contributed by atoms with Gasteiger partial charge in [0.05, 0.1) is 33.7 Å². The molecule has 1 aliphatic carbocycles. The molecule has 7 nitrogen and oxygen atoms in total. The van der Waals surface area contributed by atoms with Gasteiger partial charge in [0.25, 0.3) is 11.8 Å². The van der Waals surface area contributed by atoms with Gasteiger partial charge in [-0.25, -0.2) is 4.98 Å². The molecular weight excluding hydrogens is 472 g/mol. The maximum Gasteiger partial charge on any atom is 0.274 e. The number of likely N-dealkylation sites (N-methyl/N-ethyl adjacent to an activating group) is 1. The highest BCUT2D eigenvalue weighted by molar-refractivity contribution is 7.15. The molecule has 8 heteroatoms. The molecule has 3 heterocycles. The average molecular weight is 503 g/mol. The number of thiazole rings is 1. The summed E-state index contributed by atoms with van der Waals surface area (Å²) in [5, 5.41) is 3.99. The third-order valence-corrected chi connectivity index (χ3v) is 8.60. The number of likely N-dealkylation sites (tertiary alicyclic amines) is 1. The number of carbonyl (C=O) groups excluding carboxylic acids is 2. The van der Waals surface area contributed by atoms with Crippen LogP contribution in [0, 0.1) is 25.7 Å². The number of hydrogen-bond acceptors (Lipinski definition) is 6. The van der Waals surface area contributed by atoms with Gasteiger partial charge in [0, 0.05) is 20.1 Å². The highest BCUT2D eigenvalue weighted by Crippen LogP contribution is 2.50. The van der Waals surface area contributed by atoms with Crippen LogP contribution in [0.1, 0.15) is 37.8 Å². The van der Waals surface area contributed by atoms with E-state index in [2.05, 4.69) is 34.3 Å². The highest BCUT2D eigenvalue weighted by Gasteiger charge is 2.54. The molecule has 1 saturated carbocycles. The quantitative estimate of drug-likeness (QED) is 0.568. The summed E-state index contributed by atoms with van der Waals surface area (Å²) < 4.78 is 5.86. The summed E-state index contributed by atoms with van der Waals surface area (Å²) in [7, 11) is 2.00. The van der Waals surface area contributed by atoms with E-state index in [1.165, 1.54) is 0 Å². The van der Waals surface area contributed by atoms with Gasteiger partial charge in [-0.05, 0) is 49.8 Å². The Balaban J connectivity index is 1.21. The van der Waals surface area contributed by atoms with Crippen molar-refractivity contribution in [2.24, 2.45) is 11.8 Å². The number of anilines is 1. The van der Waals surface area contributed by atoms with Crippen LogP contribution in [0.5, 0.6) is 5.75 Å². The van der Waals surface area contributed by atoms with Crippen molar-refractivity contribution in [1.29, 1.82) is 0 Å². The lowest BCUT2D eigenvalue weighted by atomic mass is 10.1. The number of benzene rings is 2. The first-order valence-electron chi connectivity index (χ1n) is 12.5. The SMILES string of the molecule is Cc1cccc(-c2sc(C)nc2C(=O)N2C[C@H]3C[C@H]3[C@H]2CNC(=O)c2cccc3c2OCCN3C)c1. The Bertz CT molecular complexity index is 1350. The smallest absolute Gasteiger partial charge is 0.274 e. The number of ether oxygens (including phenoxy) is 1. The highest BCUT2D eigenvalue weighted by atomic mass is 32.1. The molecule has 2 aliphatic heterocycles. The second kappa shape index (κ2) is 8.92. The van der Waals surface area contributed by atoms with Crippen LogP contribution < -0.4 is 15.0 Å². The van der Waals surface area contributed by atoms with E-state index in [0.717, 1.165) is 46.2 Å². The largest absolute Gasteiger partial charge is 0.489 e. The Morgan fingerprint density at radius 3 is 2.86 bits per heavy atom. The van der Waals surface area contributed by atoms with Gasteiger partial charge in [-0.3, -0.25) is 9.59 Å². The number of para-hydroxylation sites is 1. The monoisotopic (exact) mass is 502 g/mol. The Kier molecular flexibility index (Phi) is 5.71. The van der Waals surface area contributed by atoms with Crippen LogP contribution in [-0.2, 0) is 0 Å². The van der Waals surface area contributed by atoms with Crippen molar-refractivity contribution in [3.05, 3.63) is 64.3 Å². The molecule has 2 fully saturated rings. The standard InChI is InChI=1S/C28H30N4O3S/c1-16-6-4-7-18(12-16)26-24(30-17(2)36-26)28(34)32-15-19-13-21(19)23(32)14-29-27(33)20-8-5-9-22-25(20)35-11-10-31(22)3/h4-9,12,19,21,23H,10-11,13-15H2,1-3H3,(H,29,33)/t19-,21-,23-/m1/s1. The molecule has 36 heavy (non-hydrogen) atoms. The van der Waals surface area contributed by atoms with Crippen molar-refractivity contribution >= 4 is 28.8 Å². The summed E-state index contributed by atoms with van der Waals surface area (Å²) in [4.78, 5) is 36.6. The minimum Gasteiger partial charge on any atom is -0.489 e. The van der Waals surface area contributed by atoms with E-state index in [-0.39, 0.29) is 17.9 Å². The number of aromatic nitrogens is 1. The molecular formula is C28H30N4O3S. The van der Waals surface area contributed by atoms with Gasteiger partial charge in [-0.15, -0.1) is 11.3 Å². The van der Waals surface area contributed by atoms with E-state index in [1.807, 2.05) is 43.1 Å². The molecule has 1 aromatic heterocycles. The number of piperidine rings is 1. The van der Waals surface area contributed by atoms with Crippen LogP contribution in [0.15, 0.2) is 42.5 Å². The van der Waals surface area contributed by atoms with E-state index in [1.54, 1.807) is 17.4 Å². The van der Waals surface area contributed by atoms with Crippen molar-refractivity contribution in [3.8, 4) is 16.2 Å². The summed E-state index contributed by atoms with van der Waals surface area (Å²) in [6.07, 6.45) is 1.11. The van der Waals surface area contributed by atoms with E-state index >= 15 is 0 Å². The summed E-state index contributed by atoms with van der Waals surface area (Å²) in [5.41, 5.74) is 4.17. The number of aryl methyl sites for hydroxylation is 2. The normalized spacial score (nSPS) is 22.0. The average Bonchev–Trinajstić information content (AvgIpc) is 3.38. The zero-order chi connectivity index (χ0) is 25.0. The van der Waals surface area contributed by atoms with E-state index in [0.29, 0.717) is 42.0 Å². The molecule has 6 rings (SSSR count). The zero-order valence-corrected chi connectivity index (χ0v) is 21.6. The van der Waals surface area contributed by atoms with Crippen LogP contribution in [0.2, 0.25) is 0 Å². The lowest BCUT2D eigenvalue weighted by Gasteiger charge is -2.30. The summed E-state index contributed by atoms with van der Waals surface area (Å²) in [5.74, 6) is 1.38. The first kappa shape index (κ1) is 23.0. The molecule has 3 aromatic rings. The molecule has 0 spiro atoms. The number of fused-ring (bicyclic) bond motifs is 2. The fourth-order valence-corrected chi connectivity index (χ4v) is 6.52.